The number of aliphatic hydroxyl groups is 1. The zero-order valence-electron chi connectivity index (χ0n) is 21.1. The van der Waals surface area contributed by atoms with E-state index in [0.717, 1.165) is 37.1 Å². The second kappa shape index (κ2) is 9.92. The molecule has 2 atom stereocenters. The van der Waals surface area contributed by atoms with Crippen LogP contribution >= 0.6 is 0 Å². The van der Waals surface area contributed by atoms with Crippen molar-refractivity contribution in [2.45, 2.75) is 97.4 Å². The lowest BCUT2D eigenvalue weighted by Crippen LogP contribution is -2.55. The van der Waals surface area contributed by atoms with Gasteiger partial charge in [-0.1, -0.05) is 52.2 Å². The fourth-order valence-electron chi connectivity index (χ4n) is 4.55. The van der Waals surface area contributed by atoms with Crippen LogP contribution in [-0.2, 0) is 9.53 Å². The molecule has 2 N–H and O–H groups in total. The quantitative estimate of drug-likeness (QED) is 0.694. The van der Waals surface area contributed by atoms with Gasteiger partial charge in [-0.15, -0.1) is 0 Å². The van der Waals surface area contributed by atoms with Crippen molar-refractivity contribution in [2.24, 2.45) is 5.41 Å². The van der Waals surface area contributed by atoms with E-state index in [4.69, 9.17) is 4.74 Å². The van der Waals surface area contributed by atoms with Crippen LogP contribution in [0.1, 0.15) is 73.6 Å². The lowest BCUT2D eigenvalue weighted by Gasteiger charge is -2.37. The molecule has 2 amide bonds. The van der Waals surface area contributed by atoms with Crippen LogP contribution in [0.2, 0.25) is 0 Å². The highest BCUT2D eigenvalue weighted by Gasteiger charge is 2.39. The van der Waals surface area contributed by atoms with Crippen LogP contribution in [0.3, 0.4) is 0 Å². The molecule has 184 valence electrons. The van der Waals surface area contributed by atoms with Gasteiger partial charge in [-0.05, 0) is 51.2 Å². The van der Waals surface area contributed by atoms with Crippen LogP contribution in [0.15, 0.2) is 24.3 Å². The number of aliphatic hydroxyl groups excluding tert-OH is 1. The third-order valence-corrected chi connectivity index (χ3v) is 6.49. The van der Waals surface area contributed by atoms with Crippen molar-refractivity contribution in [1.29, 1.82) is 0 Å². The van der Waals surface area contributed by atoms with Gasteiger partial charge < -0.3 is 25.0 Å². The number of hydrogen-bond donors (Lipinski definition) is 2. The van der Waals surface area contributed by atoms with Gasteiger partial charge in [-0.2, -0.15) is 0 Å². The molecule has 1 aromatic carbocycles. The highest BCUT2D eigenvalue weighted by Crippen LogP contribution is 2.38. The Balaban J connectivity index is 1.99. The fraction of sp³-hybridized carbons (Fsp3) is 0.692. The summed E-state index contributed by atoms with van der Waals surface area (Å²) >= 11 is 0. The van der Waals surface area contributed by atoms with E-state index in [1.807, 2.05) is 45.0 Å². The maximum atomic E-state index is 13.8. The van der Waals surface area contributed by atoms with E-state index in [1.54, 1.807) is 25.7 Å². The number of carbonyl (C=O) groups excluding carboxylic acids is 2. The molecule has 1 aromatic rings. The molecule has 0 radical (unpaired) electrons. The molecule has 0 saturated heterocycles. The third-order valence-electron chi connectivity index (χ3n) is 6.49. The predicted molar refractivity (Wildman–Crippen MR) is 132 cm³/mol. The molecule has 7 nitrogen and oxygen atoms in total. The van der Waals surface area contributed by atoms with Crippen molar-refractivity contribution in [3.63, 3.8) is 0 Å². The van der Waals surface area contributed by atoms with Crippen molar-refractivity contribution in [2.75, 3.05) is 22.9 Å². The number of para-hydroxylation sites is 2. The Hall–Kier alpha value is -2.28. The second-order valence-electron chi connectivity index (χ2n) is 11.5. The zero-order chi connectivity index (χ0) is 24.4. The van der Waals surface area contributed by atoms with Crippen molar-refractivity contribution >= 4 is 23.4 Å². The standard InChI is InChI=1S/C26H41N3O4/c1-25(2,3)22(30)17-29-21-15-11-10-14-20(21)28(18-12-8-7-9-13-18)16-19(23(29)31)27-24(32)33-26(4,5)6/h10-11,14-15,18-19,22,30H,7-9,12-13,16-17H2,1-6H3,(H,27,32). The SMILES string of the molecule is CC(C)(C)OC(=O)NC1CN(C2CCCCC2)c2ccccc2N(CC(O)C(C)(C)C)C1=O. The minimum Gasteiger partial charge on any atom is -0.444 e. The number of rotatable bonds is 4. The molecule has 1 heterocycles. The van der Waals surface area contributed by atoms with E-state index < -0.39 is 29.3 Å². The van der Waals surface area contributed by atoms with E-state index in [0.29, 0.717) is 12.6 Å². The number of fused-ring (bicyclic) bond motifs is 1. The molecule has 2 unspecified atom stereocenters. The van der Waals surface area contributed by atoms with Crippen molar-refractivity contribution in [3.8, 4) is 0 Å². The number of amides is 2. The van der Waals surface area contributed by atoms with Gasteiger partial charge in [-0.25, -0.2) is 4.79 Å². The maximum Gasteiger partial charge on any atom is 0.408 e. The highest BCUT2D eigenvalue weighted by atomic mass is 16.6. The third kappa shape index (κ3) is 6.40. The first-order valence-electron chi connectivity index (χ1n) is 12.2. The molecule has 3 rings (SSSR count). The summed E-state index contributed by atoms with van der Waals surface area (Å²) in [5.41, 5.74) is 0.710. The van der Waals surface area contributed by atoms with Gasteiger partial charge in [0.05, 0.1) is 24.0 Å². The highest BCUT2D eigenvalue weighted by molar-refractivity contribution is 6.03. The Bertz CT molecular complexity index is 837. The lowest BCUT2D eigenvalue weighted by atomic mass is 9.88. The van der Waals surface area contributed by atoms with Crippen molar-refractivity contribution in [1.82, 2.24) is 5.32 Å². The van der Waals surface area contributed by atoms with Crippen molar-refractivity contribution in [3.05, 3.63) is 24.3 Å². The van der Waals surface area contributed by atoms with E-state index >= 15 is 0 Å². The van der Waals surface area contributed by atoms with Crippen LogP contribution in [0.4, 0.5) is 16.2 Å². The number of carbonyl (C=O) groups is 2. The minimum atomic E-state index is -0.777. The molecule has 0 bridgehead atoms. The fourth-order valence-corrected chi connectivity index (χ4v) is 4.55. The second-order valence-corrected chi connectivity index (χ2v) is 11.5. The first kappa shape index (κ1) is 25.3. The van der Waals surface area contributed by atoms with Gasteiger partial charge in [0.25, 0.3) is 5.91 Å². The molecular weight excluding hydrogens is 418 g/mol. The molecular formula is C26H41N3O4. The van der Waals surface area contributed by atoms with Crippen LogP contribution in [0.25, 0.3) is 0 Å². The van der Waals surface area contributed by atoms with Crippen LogP contribution in [0.5, 0.6) is 0 Å². The monoisotopic (exact) mass is 459 g/mol. The van der Waals surface area contributed by atoms with E-state index in [9.17, 15) is 14.7 Å². The normalized spacial score (nSPS) is 21.3. The topological polar surface area (TPSA) is 82.1 Å². The van der Waals surface area contributed by atoms with Gasteiger partial charge in [0.2, 0.25) is 0 Å². The molecule has 7 heteroatoms. The first-order valence-corrected chi connectivity index (χ1v) is 12.2. The average Bonchev–Trinajstić information content (AvgIpc) is 2.83. The van der Waals surface area contributed by atoms with Crippen LogP contribution in [-0.4, -0.2) is 54.0 Å². The lowest BCUT2D eigenvalue weighted by molar-refractivity contribution is -0.121. The van der Waals surface area contributed by atoms with Gasteiger partial charge in [0.15, 0.2) is 0 Å². The summed E-state index contributed by atoms with van der Waals surface area (Å²) in [5, 5.41) is 13.7. The zero-order valence-corrected chi connectivity index (χ0v) is 21.1. The minimum absolute atomic E-state index is 0.157. The van der Waals surface area contributed by atoms with E-state index in [-0.39, 0.29) is 12.5 Å². The van der Waals surface area contributed by atoms with Crippen LogP contribution < -0.4 is 15.1 Å². The molecule has 0 spiro atoms. The van der Waals surface area contributed by atoms with E-state index in [2.05, 4.69) is 10.2 Å². The smallest absolute Gasteiger partial charge is 0.408 e. The number of alkyl carbamates (subject to hydrolysis) is 1. The Morgan fingerprint density at radius 2 is 1.70 bits per heavy atom. The summed E-state index contributed by atoms with van der Waals surface area (Å²) in [6.45, 7) is 11.8. The summed E-state index contributed by atoms with van der Waals surface area (Å²) in [6, 6.07) is 7.42. The number of benzene rings is 1. The number of nitrogens with one attached hydrogen (secondary N) is 1. The number of nitrogens with zero attached hydrogens (tertiary/aromatic N) is 2. The van der Waals surface area contributed by atoms with Crippen LogP contribution in [0, 0.1) is 5.41 Å². The van der Waals surface area contributed by atoms with Gasteiger partial charge in [-0.3, -0.25) is 4.79 Å². The van der Waals surface area contributed by atoms with E-state index in [1.165, 1.54) is 6.42 Å². The Morgan fingerprint density at radius 1 is 1.09 bits per heavy atom. The Labute approximate surface area is 198 Å². The molecule has 2 aliphatic rings. The number of anilines is 2. The summed E-state index contributed by atoms with van der Waals surface area (Å²) in [6.07, 6.45) is 4.35. The maximum absolute atomic E-state index is 13.8. The molecule has 1 aliphatic carbocycles. The molecule has 1 aliphatic heterocycles. The summed E-state index contributed by atoms with van der Waals surface area (Å²) < 4.78 is 5.47. The summed E-state index contributed by atoms with van der Waals surface area (Å²) in [7, 11) is 0. The number of β-amino-alcohol motifs (C(OH)–C–C–N with tert-alkyl or cyclic N) is 1. The molecule has 1 saturated carbocycles. The van der Waals surface area contributed by atoms with Gasteiger partial charge in [0, 0.05) is 12.6 Å². The van der Waals surface area contributed by atoms with Gasteiger partial charge >= 0.3 is 6.09 Å². The number of ether oxygens (including phenoxy) is 1. The molecule has 1 fully saturated rings. The Morgan fingerprint density at radius 3 is 2.27 bits per heavy atom. The first-order chi connectivity index (χ1) is 15.4. The molecule has 0 aromatic heterocycles. The van der Waals surface area contributed by atoms with Gasteiger partial charge in [0.1, 0.15) is 11.6 Å². The summed E-state index contributed by atoms with van der Waals surface area (Å²) in [5.74, 6) is -0.227. The molecule has 33 heavy (non-hydrogen) atoms. The average molecular weight is 460 g/mol. The Kier molecular flexibility index (Phi) is 7.62. The summed E-state index contributed by atoms with van der Waals surface area (Å²) in [4.78, 5) is 30.4. The van der Waals surface area contributed by atoms with Crippen molar-refractivity contribution < 1.29 is 19.4 Å². The predicted octanol–water partition coefficient (Wildman–Crippen LogP) is 4.47. The largest absolute Gasteiger partial charge is 0.444 e. The number of hydrogen-bond acceptors (Lipinski definition) is 5.